The van der Waals surface area contributed by atoms with Crippen molar-refractivity contribution in [1.82, 2.24) is 0 Å². The van der Waals surface area contributed by atoms with E-state index in [0.717, 1.165) is 19.2 Å². The second-order valence-electron chi connectivity index (χ2n) is 3.13. The van der Waals surface area contributed by atoms with Crippen LogP contribution in [0.2, 0.25) is 0 Å². The van der Waals surface area contributed by atoms with Crippen molar-refractivity contribution in [1.29, 1.82) is 0 Å². The second-order valence-corrected chi connectivity index (χ2v) is 3.13. The van der Waals surface area contributed by atoms with Gasteiger partial charge in [-0.3, -0.25) is 0 Å². The highest BCUT2D eigenvalue weighted by atomic mass is 19.3. The maximum absolute atomic E-state index is 13.3. The fourth-order valence-corrected chi connectivity index (χ4v) is 1.30. The summed E-state index contributed by atoms with van der Waals surface area (Å²) in [5.74, 6) is -3.64. The molecule has 1 atom stereocenters. The molecule has 1 aromatic rings. The molecule has 0 aliphatic carbocycles. The van der Waals surface area contributed by atoms with Crippen molar-refractivity contribution in [3.05, 3.63) is 35.6 Å². The summed E-state index contributed by atoms with van der Waals surface area (Å²) < 4.78 is 43.8. The van der Waals surface area contributed by atoms with E-state index in [1.165, 1.54) is 12.1 Å². The molecular weight excluding hydrogens is 207 g/mol. The number of hydrogen-bond acceptors (Lipinski definition) is 2. The van der Waals surface area contributed by atoms with Crippen LogP contribution in [0.15, 0.2) is 24.3 Å². The van der Waals surface area contributed by atoms with Gasteiger partial charge in [-0.2, -0.15) is 0 Å². The van der Waals surface area contributed by atoms with Crippen LogP contribution < -0.4 is 5.73 Å². The van der Waals surface area contributed by atoms with Gasteiger partial charge in [0.1, 0.15) is 11.9 Å². The van der Waals surface area contributed by atoms with Gasteiger partial charge in [0.15, 0.2) is 0 Å². The van der Waals surface area contributed by atoms with Gasteiger partial charge >= 0.3 is 0 Å². The molecule has 5 heteroatoms. The Labute approximate surface area is 85.8 Å². The Morgan fingerprint density at radius 1 is 1.33 bits per heavy atom. The minimum atomic E-state index is -3.16. The molecule has 0 spiro atoms. The third-order valence-corrected chi connectivity index (χ3v) is 2.06. The van der Waals surface area contributed by atoms with Gasteiger partial charge in [0.25, 0.3) is 5.92 Å². The standard InChI is InChI=1S/C10H12F3NO/c1-15-9(10(12,13)6-14)7-2-4-8(11)5-3-7/h2-5,9H,6,14H2,1H3. The Bertz CT molecular complexity index is 313. The fourth-order valence-electron chi connectivity index (χ4n) is 1.30. The quantitative estimate of drug-likeness (QED) is 0.841. The van der Waals surface area contributed by atoms with Gasteiger partial charge < -0.3 is 10.5 Å². The molecule has 0 saturated heterocycles. The topological polar surface area (TPSA) is 35.2 Å². The van der Waals surface area contributed by atoms with E-state index >= 15 is 0 Å². The Kier molecular flexibility index (Phi) is 3.71. The Balaban J connectivity index is 2.97. The largest absolute Gasteiger partial charge is 0.370 e. The van der Waals surface area contributed by atoms with Crippen molar-refractivity contribution in [2.24, 2.45) is 5.73 Å². The predicted molar refractivity (Wildman–Crippen MR) is 50.2 cm³/mol. The van der Waals surface area contributed by atoms with Gasteiger partial charge in [0.05, 0.1) is 6.54 Å². The summed E-state index contributed by atoms with van der Waals surface area (Å²) in [6, 6.07) is 4.72. The first-order valence-corrected chi connectivity index (χ1v) is 4.37. The van der Waals surface area contributed by atoms with Crippen LogP contribution >= 0.6 is 0 Å². The van der Waals surface area contributed by atoms with Gasteiger partial charge in [-0.05, 0) is 17.7 Å². The average molecular weight is 219 g/mol. The highest BCUT2D eigenvalue weighted by molar-refractivity contribution is 5.20. The van der Waals surface area contributed by atoms with Crippen molar-refractivity contribution in [3.8, 4) is 0 Å². The molecule has 0 amide bonds. The van der Waals surface area contributed by atoms with Crippen LogP contribution in [0.3, 0.4) is 0 Å². The Morgan fingerprint density at radius 3 is 2.27 bits per heavy atom. The fraction of sp³-hybridized carbons (Fsp3) is 0.400. The zero-order chi connectivity index (χ0) is 11.5. The van der Waals surface area contributed by atoms with Gasteiger partial charge in [0, 0.05) is 7.11 Å². The van der Waals surface area contributed by atoms with Crippen LogP contribution in [0, 0.1) is 5.82 Å². The van der Waals surface area contributed by atoms with E-state index in [1.807, 2.05) is 0 Å². The van der Waals surface area contributed by atoms with Crippen LogP contribution in [0.1, 0.15) is 11.7 Å². The first-order chi connectivity index (χ1) is 7.01. The minimum Gasteiger partial charge on any atom is -0.370 e. The third kappa shape index (κ3) is 2.70. The molecule has 0 saturated carbocycles. The number of benzene rings is 1. The molecule has 0 bridgehead atoms. The summed E-state index contributed by atoms with van der Waals surface area (Å²) in [6.07, 6.45) is -1.44. The molecule has 0 aliphatic heterocycles. The van der Waals surface area contributed by atoms with Crippen LogP contribution in [0.25, 0.3) is 0 Å². The Hall–Kier alpha value is -1.07. The lowest BCUT2D eigenvalue weighted by Gasteiger charge is -2.24. The van der Waals surface area contributed by atoms with Crippen molar-refractivity contribution < 1.29 is 17.9 Å². The number of hydrogen-bond donors (Lipinski definition) is 1. The summed E-state index contributed by atoms with van der Waals surface area (Å²) >= 11 is 0. The lowest BCUT2D eigenvalue weighted by Crippen LogP contribution is -2.35. The van der Waals surface area contributed by atoms with Crippen LogP contribution in [-0.4, -0.2) is 19.6 Å². The van der Waals surface area contributed by atoms with E-state index in [0.29, 0.717) is 0 Å². The molecule has 0 aromatic heterocycles. The monoisotopic (exact) mass is 219 g/mol. The molecule has 15 heavy (non-hydrogen) atoms. The number of rotatable bonds is 4. The van der Waals surface area contributed by atoms with Gasteiger partial charge in [-0.1, -0.05) is 12.1 Å². The molecule has 1 aromatic carbocycles. The summed E-state index contributed by atoms with van der Waals surface area (Å²) in [4.78, 5) is 0. The molecule has 84 valence electrons. The maximum atomic E-state index is 13.3. The van der Waals surface area contributed by atoms with Crippen molar-refractivity contribution in [2.75, 3.05) is 13.7 Å². The van der Waals surface area contributed by atoms with Gasteiger partial charge in [0.2, 0.25) is 0 Å². The average Bonchev–Trinajstić information content (AvgIpc) is 2.22. The van der Waals surface area contributed by atoms with E-state index in [2.05, 4.69) is 4.74 Å². The number of alkyl halides is 2. The van der Waals surface area contributed by atoms with Crippen molar-refractivity contribution in [2.45, 2.75) is 12.0 Å². The smallest absolute Gasteiger partial charge is 0.289 e. The molecule has 2 N–H and O–H groups in total. The van der Waals surface area contributed by atoms with E-state index in [4.69, 9.17) is 5.73 Å². The third-order valence-electron chi connectivity index (χ3n) is 2.06. The first kappa shape index (κ1) is 12.0. The first-order valence-electron chi connectivity index (χ1n) is 4.37. The van der Waals surface area contributed by atoms with Crippen LogP contribution in [0.4, 0.5) is 13.2 Å². The number of ether oxygens (including phenoxy) is 1. The highest BCUT2D eigenvalue weighted by Crippen LogP contribution is 2.33. The lowest BCUT2D eigenvalue weighted by atomic mass is 10.0. The molecule has 0 radical (unpaired) electrons. The summed E-state index contributed by atoms with van der Waals surface area (Å²) in [5.41, 5.74) is 5.15. The van der Waals surface area contributed by atoms with E-state index in [-0.39, 0.29) is 5.56 Å². The van der Waals surface area contributed by atoms with Gasteiger partial charge in [-0.15, -0.1) is 0 Å². The molecule has 0 fully saturated rings. The predicted octanol–water partition coefficient (Wildman–Crippen LogP) is 2.11. The highest BCUT2D eigenvalue weighted by Gasteiger charge is 2.39. The van der Waals surface area contributed by atoms with Crippen LogP contribution in [-0.2, 0) is 4.74 Å². The van der Waals surface area contributed by atoms with Crippen molar-refractivity contribution >= 4 is 0 Å². The summed E-state index contributed by atoms with van der Waals surface area (Å²) in [7, 11) is 1.16. The normalized spacial score (nSPS) is 13.9. The lowest BCUT2D eigenvalue weighted by molar-refractivity contribution is -0.119. The number of halogens is 3. The molecule has 0 aliphatic rings. The van der Waals surface area contributed by atoms with E-state index in [1.54, 1.807) is 0 Å². The molecule has 2 nitrogen and oxygen atoms in total. The zero-order valence-electron chi connectivity index (χ0n) is 8.21. The van der Waals surface area contributed by atoms with E-state index in [9.17, 15) is 13.2 Å². The zero-order valence-corrected chi connectivity index (χ0v) is 8.21. The minimum absolute atomic E-state index is 0.203. The number of methoxy groups -OCH3 is 1. The number of nitrogens with two attached hydrogens (primary N) is 1. The van der Waals surface area contributed by atoms with Crippen molar-refractivity contribution in [3.63, 3.8) is 0 Å². The maximum Gasteiger partial charge on any atom is 0.289 e. The van der Waals surface area contributed by atoms with Gasteiger partial charge in [-0.25, -0.2) is 13.2 Å². The molecule has 0 heterocycles. The molecule has 1 unspecified atom stereocenters. The van der Waals surface area contributed by atoms with Crippen LogP contribution in [0.5, 0.6) is 0 Å². The van der Waals surface area contributed by atoms with E-state index < -0.39 is 24.4 Å². The summed E-state index contributed by atoms with van der Waals surface area (Å²) in [5, 5.41) is 0. The summed E-state index contributed by atoms with van der Waals surface area (Å²) in [6.45, 7) is -0.817. The SMILES string of the molecule is COC(c1ccc(F)cc1)C(F)(F)CN. The second kappa shape index (κ2) is 4.63. The molecule has 1 rings (SSSR count). The Morgan fingerprint density at radius 2 is 1.87 bits per heavy atom. The molecular formula is C10H12F3NO.